The maximum absolute atomic E-state index is 13.0. The third-order valence-electron chi connectivity index (χ3n) is 5.07. The monoisotopic (exact) mass is 492 g/mol. The molecule has 1 amide bonds. The van der Waals surface area contributed by atoms with E-state index in [1.807, 2.05) is 0 Å². The van der Waals surface area contributed by atoms with Gasteiger partial charge in [-0.15, -0.1) is 0 Å². The summed E-state index contributed by atoms with van der Waals surface area (Å²) in [5.74, 6) is -0.291. The molecule has 0 unspecified atom stereocenters. The smallest absolute Gasteiger partial charge is 0.270 e. The Morgan fingerprint density at radius 1 is 1.10 bits per heavy atom. The van der Waals surface area contributed by atoms with Gasteiger partial charge in [-0.05, 0) is 24.3 Å². The molecule has 0 atom stereocenters. The summed E-state index contributed by atoms with van der Waals surface area (Å²) in [5.41, 5.74) is 0.859. The number of benzene rings is 2. The van der Waals surface area contributed by atoms with Crippen LogP contribution in [0.25, 0.3) is 10.9 Å². The van der Waals surface area contributed by atoms with Gasteiger partial charge in [-0.3, -0.25) is 14.9 Å². The van der Waals surface area contributed by atoms with Gasteiger partial charge in [-0.2, -0.15) is 4.31 Å². The number of aromatic nitrogens is 1. The lowest BCUT2D eigenvalue weighted by atomic mass is 10.1. The van der Waals surface area contributed by atoms with E-state index >= 15 is 0 Å². The summed E-state index contributed by atoms with van der Waals surface area (Å²) < 4.78 is 27.7. The number of non-ortho nitro benzene ring substituents is 1. The maximum Gasteiger partial charge on any atom is 0.270 e. The number of aromatic amines is 1. The molecule has 2 heterocycles. The van der Waals surface area contributed by atoms with Gasteiger partial charge in [0, 0.05) is 59.9 Å². The van der Waals surface area contributed by atoms with E-state index < -0.39 is 14.9 Å². The fraction of sp³-hybridized carbons (Fsp3) is 0.211. The van der Waals surface area contributed by atoms with Gasteiger partial charge in [0.1, 0.15) is 0 Å². The van der Waals surface area contributed by atoms with Crippen molar-refractivity contribution in [3.63, 3.8) is 0 Å². The number of carbonyl (C=O) groups is 1. The minimum absolute atomic E-state index is 0.0962. The molecule has 1 N–H and O–H groups in total. The number of nitrogens with zero attached hydrogens (tertiary/aromatic N) is 3. The molecule has 0 bridgehead atoms. The van der Waals surface area contributed by atoms with Gasteiger partial charge in [0.25, 0.3) is 11.6 Å². The lowest BCUT2D eigenvalue weighted by molar-refractivity contribution is -0.384. The number of piperazine rings is 1. The van der Waals surface area contributed by atoms with Crippen molar-refractivity contribution >= 4 is 48.5 Å². The molecule has 9 nitrogen and oxygen atoms in total. The van der Waals surface area contributed by atoms with E-state index in [9.17, 15) is 23.3 Å². The Balaban J connectivity index is 1.52. The molecule has 1 fully saturated rings. The highest BCUT2D eigenvalue weighted by Crippen LogP contribution is 2.26. The molecule has 1 aliphatic heterocycles. The van der Waals surface area contributed by atoms with Crippen LogP contribution < -0.4 is 0 Å². The van der Waals surface area contributed by atoms with E-state index in [1.165, 1.54) is 28.7 Å². The van der Waals surface area contributed by atoms with Crippen molar-refractivity contribution < 1.29 is 18.1 Å². The fourth-order valence-corrected chi connectivity index (χ4v) is 5.50. The van der Waals surface area contributed by atoms with E-state index in [0.717, 1.165) is 0 Å². The minimum Gasteiger partial charge on any atom is -0.360 e. The standard InChI is InChI=1S/C19H17BrN4O5S/c20-13-2-1-3-15(10-13)30(28,29)23-8-6-22(7-9-23)19(25)17-12-21-18-5-4-14(24(26)27)11-16(17)18/h1-5,10-12,21H,6-9H2. The van der Waals surface area contributed by atoms with E-state index in [-0.39, 0.29) is 42.7 Å². The molecule has 0 spiro atoms. The van der Waals surface area contributed by atoms with Crippen LogP contribution in [0, 0.1) is 10.1 Å². The molecule has 11 heteroatoms. The topological polar surface area (TPSA) is 117 Å². The molecule has 1 aliphatic rings. The lowest BCUT2D eigenvalue weighted by Gasteiger charge is -2.34. The zero-order valence-electron chi connectivity index (χ0n) is 15.6. The average molecular weight is 493 g/mol. The number of amides is 1. The van der Waals surface area contributed by atoms with Gasteiger partial charge >= 0.3 is 0 Å². The first-order valence-electron chi connectivity index (χ1n) is 9.08. The van der Waals surface area contributed by atoms with Crippen LogP contribution in [0.3, 0.4) is 0 Å². The summed E-state index contributed by atoms with van der Waals surface area (Å²) in [6, 6.07) is 10.8. The number of hydrogen-bond donors (Lipinski definition) is 1. The first-order chi connectivity index (χ1) is 14.3. The highest BCUT2D eigenvalue weighted by Gasteiger charge is 2.31. The Kier molecular flexibility index (Phi) is 5.35. The second-order valence-corrected chi connectivity index (χ2v) is 9.70. The van der Waals surface area contributed by atoms with Crippen LogP contribution in [0.15, 0.2) is 58.0 Å². The van der Waals surface area contributed by atoms with Crippen molar-refractivity contribution in [2.45, 2.75) is 4.90 Å². The Bertz CT molecular complexity index is 1250. The Labute approximate surface area is 180 Å². The first kappa shape index (κ1) is 20.5. The Morgan fingerprint density at radius 2 is 1.83 bits per heavy atom. The van der Waals surface area contributed by atoms with Gasteiger partial charge in [0.2, 0.25) is 10.0 Å². The number of hydrogen-bond acceptors (Lipinski definition) is 5. The number of H-pyrrole nitrogens is 1. The maximum atomic E-state index is 13.0. The molecule has 2 aromatic carbocycles. The van der Waals surface area contributed by atoms with Crippen molar-refractivity contribution in [1.29, 1.82) is 0 Å². The van der Waals surface area contributed by atoms with Crippen molar-refractivity contribution in [1.82, 2.24) is 14.2 Å². The molecule has 0 radical (unpaired) electrons. The van der Waals surface area contributed by atoms with Crippen molar-refractivity contribution in [2.24, 2.45) is 0 Å². The van der Waals surface area contributed by atoms with Gasteiger partial charge < -0.3 is 9.88 Å². The normalized spacial score (nSPS) is 15.4. The highest BCUT2D eigenvalue weighted by atomic mass is 79.9. The molecule has 3 aromatic rings. The first-order valence-corrected chi connectivity index (χ1v) is 11.3. The molecule has 30 heavy (non-hydrogen) atoms. The third-order valence-corrected chi connectivity index (χ3v) is 7.45. The van der Waals surface area contributed by atoms with E-state index in [0.29, 0.717) is 20.9 Å². The third kappa shape index (κ3) is 3.71. The van der Waals surface area contributed by atoms with E-state index in [1.54, 1.807) is 29.2 Å². The minimum atomic E-state index is -3.65. The molecule has 0 saturated carbocycles. The van der Waals surface area contributed by atoms with Crippen molar-refractivity contribution in [3.05, 3.63) is 68.8 Å². The van der Waals surface area contributed by atoms with E-state index in [2.05, 4.69) is 20.9 Å². The number of rotatable bonds is 4. The zero-order valence-corrected chi connectivity index (χ0v) is 18.0. The SMILES string of the molecule is O=C(c1c[nH]c2ccc([N+](=O)[O-])cc12)N1CCN(S(=O)(=O)c2cccc(Br)c2)CC1. The van der Waals surface area contributed by atoms with Crippen molar-refractivity contribution in [2.75, 3.05) is 26.2 Å². The van der Waals surface area contributed by atoms with Crippen LogP contribution in [-0.4, -0.2) is 59.6 Å². The number of fused-ring (bicyclic) bond motifs is 1. The van der Waals surface area contributed by atoms with Gasteiger partial charge in [0.15, 0.2) is 0 Å². The summed E-state index contributed by atoms with van der Waals surface area (Å²) in [4.78, 5) is 28.2. The lowest BCUT2D eigenvalue weighted by Crippen LogP contribution is -2.50. The summed E-state index contributed by atoms with van der Waals surface area (Å²) in [7, 11) is -3.65. The average Bonchev–Trinajstić information content (AvgIpc) is 3.16. The van der Waals surface area contributed by atoms with Gasteiger partial charge in [0.05, 0.1) is 15.4 Å². The zero-order chi connectivity index (χ0) is 21.5. The van der Waals surface area contributed by atoms with Crippen LogP contribution in [0.5, 0.6) is 0 Å². The molecular formula is C19H17BrN4O5S. The molecule has 0 aliphatic carbocycles. The highest BCUT2D eigenvalue weighted by molar-refractivity contribution is 9.10. The number of nitro benzene ring substituents is 1. The number of halogens is 1. The fourth-order valence-electron chi connectivity index (χ4n) is 3.48. The second-order valence-electron chi connectivity index (χ2n) is 6.84. The number of carbonyl (C=O) groups excluding carboxylic acids is 1. The largest absolute Gasteiger partial charge is 0.360 e. The Hall–Kier alpha value is -2.76. The quantitative estimate of drug-likeness (QED) is 0.443. The molecular weight excluding hydrogens is 476 g/mol. The molecule has 1 aromatic heterocycles. The summed E-state index contributed by atoms with van der Waals surface area (Å²) >= 11 is 3.28. The van der Waals surface area contributed by atoms with Crippen LogP contribution in [0.4, 0.5) is 5.69 Å². The number of sulfonamides is 1. The number of nitrogens with one attached hydrogen (secondary N) is 1. The number of nitro groups is 1. The summed E-state index contributed by atoms with van der Waals surface area (Å²) in [6.45, 7) is 0.799. The van der Waals surface area contributed by atoms with E-state index in [4.69, 9.17) is 0 Å². The predicted molar refractivity (Wildman–Crippen MR) is 114 cm³/mol. The summed E-state index contributed by atoms with van der Waals surface area (Å²) in [6.07, 6.45) is 1.53. The Morgan fingerprint density at radius 3 is 2.50 bits per heavy atom. The summed E-state index contributed by atoms with van der Waals surface area (Å²) in [5, 5.41) is 11.5. The van der Waals surface area contributed by atoms with Crippen LogP contribution in [0.1, 0.15) is 10.4 Å². The molecule has 4 rings (SSSR count). The van der Waals surface area contributed by atoms with Crippen LogP contribution in [-0.2, 0) is 10.0 Å². The second kappa shape index (κ2) is 7.82. The molecule has 156 valence electrons. The van der Waals surface area contributed by atoms with Crippen molar-refractivity contribution in [3.8, 4) is 0 Å². The predicted octanol–water partition coefficient (Wildman–Crippen LogP) is 2.99. The molecule has 1 saturated heterocycles. The van der Waals surface area contributed by atoms with Gasteiger partial charge in [-0.1, -0.05) is 22.0 Å². The van der Waals surface area contributed by atoms with Gasteiger partial charge in [-0.25, -0.2) is 8.42 Å². The van der Waals surface area contributed by atoms with Crippen LogP contribution >= 0.6 is 15.9 Å². The van der Waals surface area contributed by atoms with Crippen LogP contribution in [0.2, 0.25) is 0 Å².